The molecule has 8 atom stereocenters. The molecule has 0 radical (unpaired) electrons. The Morgan fingerprint density at radius 2 is 1.70 bits per heavy atom. The van der Waals surface area contributed by atoms with Crippen molar-refractivity contribution in [3.8, 4) is 0 Å². The highest BCUT2D eigenvalue weighted by molar-refractivity contribution is 5.92. The number of aliphatic hydroxyl groups is 1. The summed E-state index contributed by atoms with van der Waals surface area (Å²) in [6.45, 7) is 12.8. The van der Waals surface area contributed by atoms with Gasteiger partial charge in [-0.2, -0.15) is 0 Å². The number of ether oxygens (including phenoxy) is 2. The first-order valence-electron chi connectivity index (χ1n) is 19.4. The van der Waals surface area contributed by atoms with Gasteiger partial charge in [0.05, 0.1) is 36.6 Å². The van der Waals surface area contributed by atoms with Gasteiger partial charge in [0.15, 0.2) is 0 Å². The third kappa shape index (κ3) is 14.1. The SMILES string of the molecule is CCC(=NCC(=O)NC(C(C)CC)C(CC(=O)N1CCCC1C(OC)C(C)C(=O)NC(Cc1ccccc1)C(=O)NCCCO)OC)C(NC)C(C)C. The predicted molar refractivity (Wildman–Crippen MR) is 209 cm³/mol. The van der Waals surface area contributed by atoms with E-state index in [9.17, 15) is 24.3 Å². The summed E-state index contributed by atoms with van der Waals surface area (Å²) in [7, 11) is 5.00. The van der Waals surface area contributed by atoms with Gasteiger partial charge in [0, 0.05) is 52.1 Å². The minimum absolute atomic E-state index is 0.00835. The molecule has 0 spiro atoms. The second-order valence-corrected chi connectivity index (χ2v) is 14.5. The van der Waals surface area contributed by atoms with Crippen molar-refractivity contribution in [1.82, 2.24) is 26.2 Å². The molecule has 13 heteroatoms. The van der Waals surface area contributed by atoms with E-state index in [4.69, 9.17) is 9.47 Å². The Kier molecular flexibility index (Phi) is 20.8. The van der Waals surface area contributed by atoms with Crippen molar-refractivity contribution in [1.29, 1.82) is 0 Å². The van der Waals surface area contributed by atoms with Crippen molar-refractivity contribution in [2.45, 2.75) is 123 Å². The zero-order valence-electron chi connectivity index (χ0n) is 33.7. The monoisotopic (exact) mass is 745 g/mol. The fourth-order valence-corrected chi connectivity index (χ4v) is 7.28. The Bertz CT molecular complexity index is 1300. The van der Waals surface area contributed by atoms with Crippen LogP contribution in [0.5, 0.6) is 0 Å². The normalized spacial score (nSPS) is 18.8. The van der Waals surface area contributed by atoms with Crippen LogP contribution in [0.1, 0.15) is 85.6 Å². The van der Waals surface area contributed by atoms with Gasteiger partial charge >= 0.3 is 0 Å². The Morgan fingerprint density at radius 1 is 1.00 bits per heavy atom. The molecule has 1 aromatic carbocycles. The summed E-state index contributed by atoms with van der Waals surface area (Å²) in [6, 6.07) is 7.92. The van der Waals surface area contributed by atoms with Crippen LogP contribution in [0.4, 0.5) is 0 Å². The highest BCUT2D eigenvalue weighted by Crippen LogP contribution is 2.28. The van der Waals surface area contributed by atoms with Crippen molar-refractivity contribution >= 4 is 29.3 Å². The summed E-state index contributed by atoms with van der Waals surface area (Å²) in [5.74, 6) is -1.37. The molecular formula is C40H68N6O7. The molecule has 5 N–H and O–H groups in total. The number of carbonyl (C=O) groups excluding carboxylic acids is 4. The van der Waals surface area contributed by atoms with Crippen molar-refractivity contribution in [2.24, 2.45) is 22.7 Å². The van der Waals surface area contributed by atoms with Gasteiger partial charge in [-0.05, 0) is 50.1 Å². The van der Waals surface area contributed by atoms with Crippen LogP contribution in [0.15, 0.2) is 35.3 Å². The van der Waals surface area contributed by atoms with E-state index in [1.165, 1.54) is 7.11 Å². The van der Waals surface area contributed by atoms with Crippen LogP contribution in [0.3, 0.4) is 0 Å². The number of benzene rings is 1. The number of methoxy groups -OCH3 is 2. The van der Waals surface area contributed by atoms with Gasteiger partial charge in [-0.15, -0.1) is 0 Å². The second kappa shape index (κ2) is 24.1. The molecule has 1 aromatic rings. The fourth-order valence-electron chi connectivity index (χ4n) is 7.28. The Labute approximate surface area is 317 Å². The largest absolute Gasteiger partial charge is 0.396 e. The number of amides is 4. The third-order valence-corrected chi connectivity index (χ3v) is 10.5. The first kappa shape index (κ1) is 45.8. The number of rotatable bonds is 24. The lowest BCUT2D eigenvalue weighted by Crippen LogP contribution is -2.55. The Balaban J connectivity index is 2.19. The molecule has 0 bridgehead atoms. The first-order valence-corrected chi connectivity index (χ1v) is 19.4. The zero-order chi connectivity index (χ0) is 39.5. The average molecular weight is 745 g/mol. The van der Waals surface area contributed by atoms with Crippen molar-refractivity contribution < 1.29 is 33.8 Å². The molecule has 1 aliphatic heterocycles. The summed E-state index contributed by atoms with van der Waals surface area (Å²) >= 11 is 0. The second-order valence-electron chi connectivity index (χ2n) is 14.5. The molecular weight excluding hydrogens is 676 g/mol. The summed E-state index contributed by atoms with van der Waals surface area (Å²) < 4.78 is 11.8. The zero-order valence-corrected chi connectivity index (χ0v) is 33.7. The number of aliphatic hydroxyl groups excluding tert-OH is 1. The van der Waals surface area contributed by atoms with Gasteiger partial charge in [-0.25, -0.2) is 0 Å². The maximum atomic E-state index is 14.0. The molecule has 0 saturated carbocycles. The number of nitrogens with one attached hydrogen (secondary N) is 4. The van der Waals surface area contributed by atoms with Crippen LogP contribution in [0, 0.1) is 17.8 Å². The molecule has 4 amide bonds. The van der Waals surface area contributed by atoms with Gasteiger partial charge in [-0.1, -0.05) is 78.3 Å². The quantitative estimate of drug-likeness (QED) is 0.0795. The molecule has 8 unspecified atom stereocenters. The molecule has 13 nitrogen and oxygen atoms in total. The van der Waals surface area contributed by atoms with Crippen molar-refractivity contribution in [3.63, 3.8) is 0 Å². The third-order valence-electron chi connectivity index (χ3n) is 10.5. The highest BCUT2D eigenvalue weighted by atomic mass is 16.5. The maximum absolute atomic E-state index is 14.0. The van der Waals surface area contributed by atoms with E-state index < -0.39 is 30.2 Å². The van der Waals surface area contributed by atoms with Crippen LogP contribution in [-0.4, -0.2) is 123 Å². The van der Waals surface area contributed by atoms with E-state index >= 15 is 0 Å². The molecule has 53 heavy (non-hydrogen) atoms. The molecule has 0 aliphatic carbocycles. The van der Waals surface area contributed by atoms with Gasteiger partial charge in [0.2, 0.25) is 23.6 Å². The number of hydrogen-bond donors (Lipinski definition) is 5. The lowest BCUT2D eigenvalue weighted by Gasteiger charge is -2.36. The highest BCUT2D eigenvalue weighted by Gasteiger charge is 2.41. The standard InChI is InChI=1S/C40H68N6O7/c1-10-27(5)37(45-34(48)25-43-30(11-2)36(41-7)26(3)4)33(52-8)24-35(49)46-21-15-19-32(46)38(53-9)28(6)39(50)44-31(40(51)42-20-16-22-47)23-29-17-13-12-14-18-29/h12-14,17-18,26-28,31-33,36-38,41,47H,10-11,15-16,19-25H2,1-9H3,(H,42,51)(H,44,50)(H,45,48). The van der Waals surface area contributed by atoms with Crippen LogP contribution in [-0.2, 0) is 35.1 Å². The van der Waals surface area contributed by atoms with Gasteiger partial charge in [0.1, 0.15) is 12.6 Å². The van der Waals surface area contributed by atoms with Crippen LogP contribution >= 0.6 is 0 Å². The lowest BCUT2D eigenvalue weighted by atomic mass is 9.91. The molecule has 1 saturated heterocycles. The predicted octanol–water partition coefficient (Wildman–Crippen LogP) is 2.89. The summed E-state index contributed by atoms with van der Waals surface area (Å²) in [4.78, 5) is 60.6. The molecule has 1 fully saturated rings. The van der Waals surface area contributed by atoms with Gasteiger partial charge < -0.3 is 40.7 Å². The molecule has 1 aliphatic rings. The van der Waals surface area contributed by atoms with Crippen LogP contribution < -0.4 is 21.3 Å². The number of carbonyl (C=O) groups is 4. The van der Waals surface area contributed by atoms with Gasteiger partial charge in [-0.3, -0.25) is 24.2 Å². The number of nitrogens with zero attached hydrogens (tertiary/aromatic N) is 2. The van der Waals surface area contributed by atoms with E-state index in [0.29, 0.717) is 38.3 Å². The molecule has 2 rings (SSSR count). The van der Waals surface area contributed by atoms with E-state index in [1.807, 2.05) is 58.2 Å². The van der Waals surface area contributed by atoms with Crippen LogP contribution in [0.25, 0.3) is 0 Å². The Morgan fingerprint density at radius 3 is 2.26 bits per heavy atom. The van der Waals surface area contributed by atoms with Crippen LogP contribution in [0.2, 0.25) is 0 Å². The topological polar surface area (TPSA) is 171 Å². The Hall–Kier alpha value is -3.39. The van der Waals surface area contributed by atoms with Crippen molar-refractivity contribution in [2.75, 3.05) is 47.5 Å². The number of aliphatic imine (C=N–C) groups is 1. The molecule has 300 valence electrons. The minimum atomic E-state index is -0.834. The maximum Gasteiger partial charge on any atom is 0.242 e. The minimum Gasteiger partial charge on any atom is -0.396 e. The summed E-state index contributed by atoms with van der Waals surface area (Å²) in [5.41, 5.74) is 1.84. The number of likely N-dealkylation sites (tertiary alicyclic amines) is 1. The number of hydrogen-bond acceptors (Lipinski definition) is 9. The smallest absolute Gasteiger partial charge is 0.242 e. The molecule has 1 heterocycles. The van der Waals surface area contributed by atoms with E-state index in [0.717, 1.165) is 30.5 Å². The average Bonchev–Trinajstić information content (AvgIpc) is 3.64. The summed E-state index contributed by atoms with van der Waals surface area (Å²) in [6.07, 6.45) is 2.45. The summed E-state index contributed by atoms with van der Waals surface area (Å²) in [5, 5.41) is 21.3. The van der Waals surface area contributed by atoms with E-state index in [-0.39, 0.29) is 61.2 Å². The van der Waals surface area contributed by atoms with Gasteiger partial charge in [0.25, 0.3) is 0 Å². The fraction of sp³-hybridized carbons (Fsp3) is 0.725. The molecule has 0 aromatic heterocycles. The van der Waals surface area contributed by atoms with Crippen molar-refractivity contribution in [3.05, 3.63) is 35.9 Å². The van der Waals surface area contributed by atoms with E-state index in [2.05, 4.69) is 40.1 Å². The lowest BCUT2D eigenvalue weighted by molar-refractivity contribution is -0.143. The first-order chi connectivity index (χ1) is 25.4. The van der Waals surface area contributed by atoms with E-state index in [1.54, 1.807) is 18.9 Å².